The maximum Gasteiger partial charge on any atom is 0.373 e. The number of ketones is 2. The van der Waals surface area contributed by atoms with Crippen molar-refractivity contribution in [3.8, 4) is 0 Å². The largest absolute Gasteiger partial charge is 0.437 e. The smallest absolute Gasteiger partial charge is 0.373 e. The second-order valence-electron chi connectivity index (χ2n) is 10.5. The van der Waals surface area contributed by atoms with E-state index in [1.165, 1.54) is 0 Å². The predicted octanol–water partition coefficient (Wildman–Crippen LogP) is 1.94. The maximum absolute atomic E-state index is 11.6. The molecule has 0 aromatic rings. The number of fused-ring (bicyclic) bond motifs is 2. The summed E-state index contributed by atoms with van der Waals surface area (Å²) in [4.78, 5) is 23.0. The molecule has 2 aliphatic heterocycles. The first-order chi connectivity index (χ1) is 14.2. The number of rotatable bonds is 4. The molecule has 8 nitrogen and oxygen atoms in total. The second kappa shape index (κ2) is 8.84. The molecule has 8 atom stereocenters. The first kappa shape index (κ1) is 24.8. The van der Waals surface area contributed by atoms with Gasteiger partial charge in [0.05, 0.1) is 18.3 Å². The highest BCUT2D eigenvalue weighted by molar-refractivity contribution is 6.45. The lowest BCUT2D eigenvalue weighted by atomic mass is 9.86. The first-order valence-electron chi connectivity index (χ1n) is 11.4. The summed E-state index contributed by atoms with van der Waals surface area (Å²) in [5.41, 5.74) is 0. The first-order valence-corrected chi connectivity index (χ1v) is 11.4. The quantitative estimate of drug-likeness (QED) is 0.641. The van der Waals surface area contributed by atoms with Crippen molar-refractivity contribution >= 4 is 18.6 Å². The molecule has 31 heavy (non-hydrogen) atoms. The molecule has 2 heterocycles. The normalized spacial score (nSPS) is 41.8. The van der Waals surface area contributed by atoms with Gasteiger partial charge in [-0.15, -0.1) is 0 Å². The summed E-state index contributed by atoms with van der Waals surface area (Å²) in [6.45, 7) is 14.5. The molecule has 0 unspecified atom stereocenters. The number of nitrogens with one attached hydrogen (secondary N) is 1. The molecule has 0 bridgehead atoms. The highest BCUT2D eigenvalue weighted by Crippen LogP contribution is 2.45. The minimum atomic E-state index is -0.651. The van der Waals surface area contributed by atoms with Crippen LogP contribution in [0.4, 0.5) is 0 Å². The van der Waals surface area contributed by atoms with Crippen molar-refractivity contribution in [2.75, 3.05) is 0 Å². The van der Waals surface area contributed by atoms with Crippen LogP contribution in [-0.4, -0.2) is 65.7 Å². The van der Waals surface area contributed by atoms with Crippen LogP contribution in [0.1, 0.15) is 61.3 Å². The molecule has 2 N–H and O–H groups in total. The third-order valence-electron chi connectivity index (χ3n) is 6.71. The summed E-state index contributed by atoms with van der Waals surface area (Å²) in [6.07, 6.45) is 1.30. The van der Waals surface area contributed by atoms with E-state index in [9.17, 15) is 14.6 Å². The van der Waals surface area contributed by atoms with Crippen LogP contribution in [0.25, 0.3) is 0 Å². The van der Waals surface area contributed by atoms with E-state index in [1.54, 1.807) is 20.7 Å². The monoisotopic (exact) mass is 439 g/mol. The molecule has 0 aromatic heterocycles. The number of Topliss-reactive ketones (excluding diaryl/α,β-unsaturated/α-hetero) is 2. The zero-order valence-electron chi connectivity index (χ0n) is 20.0. The van der Waals surface area contributed by atoms with Crippen molar-refractivity contribution in [1.82, 2.24) is 5.23 Å². The van der Waals surface area contributed by atoms with Gasteiger partial charge in [0.1, 0.15) is 17.7 Å². The van der Waals surface area contributed by atoms with Gasteiger partial charge in [0.25, 0.3) is 0 Å². The second-order valence-corrected chi connectivity index (χ2v) is 10.5. The molecule has 0 spiro atoms. The van der Waals surface area contributed by atoms with Crippen molar-refractivity contribution in [3.63, 3.8) is 0 Å². The molecule has 2 saturated heterocycles. The van der Waals surface area contributed by atoms with Gasteiger partial charge in [-0.3, -0.25) is 9.59 Å². The van der Waals surface area contributed by atoms with E-state index >= 15 is 0 Å². The maximum atomic E-state index is 11.6. The average Bonchev–Trinajstić information content (AvgIpc) is 3.27. The van der Waals surface area contributed by atoms with Crippen LogP contribution in [0.15, 0.2) is 0 Å². The van der Waals surface area contributed by atoms with Gasteiger partial charge in [-0.25, -0.2) is 0 Å². The Kier molecular flexibility index (Phi) is 7.07. The van der Waals surface area contributed by atoms with E-state index in [4.69, 9.17) is 18.9 Å². The van der Waals surface area contributed by atoms with Gasteiger partial charge < -0.3 is 29.2 Å². The van der Waals surface area contributed by atoms with Crippen molar-refractivity contribution in [2.24, 2.45) is 17.8 Å². The number of hydrogen-bond acceptors (Lipinski definition) is 8. The van der Waals surface area contributed by atoms with E-state index in [2.05, 4.69) is 12.2 Å². The Hall–Kier alpha value is -0.835. The minimum absolute atomic E-state index is 0.0162. The van der Waals surface area contributed by atoms with Crippen LogP contribution in [-0.2, 0) is 28.5 Å². The fourth-order valence-electron chi connectivity index (χ4n) is 5.49. The summed E-state index contributed by atoms with van der Waals surface area (Å²) in [5, 5.41) is 12.4. The highest BCUT2D eigenvalue weighted by atomic mass is 16.8. The topological polar surface area (TPSA) is 103 Å². The molecule has 0 radical (unpaired) electrons. The molecule has 4 fully saturated rings. The van der Waals surface area contributed by atoms with Gasteiger partial charge in [0.2, 0.25) is 0 Å². The zero-order valence-corrected chi connectivity index (χ0v) is 20.0. The summed E-state index contributed by atoms with van der Waals surface area (Å²) in [7, 11) is -0.612. The molecule has 4 aliphatic rings. The Bertz CT molecular complexity index is 697. The summed E-state index contributed by atoms with van der Waals surface area (Å²) in [6, 6.07) is -0.0318. The van der Waals surface area contributed by atoms with Crippen molar-refractivity contribution in [1.29, 1.82) is 0 Å². The molecule has 2 aliphatic carbocycles. The number of carbonyl (C=O) groups is 2. The predicted molar refractivity (Wildman–Crippen MR) is 115 cm³/mol. The molecule has 0 aromatic carbocycles. The SMILES string of the molecule is CB(O)N[C@@H]1C[C@H](C(C)=O)[C@H]2OC(C)(C)O[C@H]21.CC(=O)[C@H]1C[C@@H](C)[C@@H]2OC(C)(C)O[C@@H]21. The van der Waals surface area contributed by atoms with E-state index in [0.717, 1.165) is 6.42 Å². The molecule has 176 valence electrons. The van der Waals surface area contributed by atoms with Crippen LogP contribution in [0.3, 0.4) is 0 Å². The molecular weight excluding hydrogens is 401 g/mol. The summed E-state index contributed by atoms with van der Waals surface area (Å²) in [5.74, 6) is -0.493. The van der Waals surface area contributed by atoms with E-state index in [0.29, 0.717) is 12.3 Å². The van der Waals surface area contributed by atoms with Crippen molar-refractivity contribution in [2.45, 2.75) is 110 Å². The Morgan fingerprint density at radius 1 is 0.839 bits per heavy atom. The van der Waals surface area contributed by atoms with Crippen LogP contribution >= 0.6 is 0 Å². The van der Waals surface area contributed by atoms with E-state index in [1.807, 2.05) is 27.7 Å². The van der Waals surface area contributed by atoms with E-state index < -0.39 is 18.6 Å². The zero-order chi connectivity index (χ0) is 23.3. The molecule has 2 saturated carbocycles. The van der Waals surface area contributed by atoms with Gasteiger partial charge in [-0.1, -0.05) is 6.92 Å². The average molecular weight is 439 g/mol. The van der Waals surface area contributed by atoms with Crippen molar-refractivity contribution < 1.29 is 33.6 Å². The number of hydrogen-bond donors (Lipinski definition) is 2. The van der Waals surface area contributed by atoms with Gasteiger partial charge in [0.15, 0.2) is 11.6 Å². The van der Waals surface area contributed by atoms with E-state index in [-0.39, 0.29) is 53.9 Å². The van der Waals surface area contributed by atoms with Gasteiger partial charge >= 0.3 is 7.05 Å². The van der Waals surface area contributed by atoms with Crippen LogP contribution in [0.2, 0.25) is 6.82 Å². The fraction of sp³-hybridized carbons (Fsp3) is 0.909. The summed E-state index contributed by atoms with van der Waals surface area (Å²) < 4.78 is 23.2. The Morgan fingerprint density at radius 3 is 1.74 bits per heavy atom. The lowest BCUT2D eigenvalue weighted by Gasteiger charge is -2.23. The third kappa shape index (κ3) is 5.39. The standard InChI is InChI=1S/C11H20BNO4.C11H18O3/c1-6(14)7-5-8(13-12(4)15)10-9(7)16-11(2,3)17-10;1-6-5-8(7(2)12)10-9(6)13-11(3,4)14-10/h7-10,13,15H,5H2,1-4H3;6,8-10H,5H2,1-4H3/t7-,8-,9-,10+;6-,8-,9+,10-/m11/s1. The molecule has 4 rings (SSSR count). The lowest BCUT2D eigenvalue weighted by molar-refractivity contribution is -0.162. The Balaban J connectivity index is 0.000000179. The highest BCUT2D eigenvalue weighted by Gasteiger charge is 2.55. The fourth-order valence-corrected chi connectivity index (χ4v) is 5.49. The Morgan fingerprint density at radius 2 is 1.26 bits per heavy atom. The molecular formula is C22H38BNO7. The third-order valence-corrected chi connectivity index (χ3v) is 6.71. The van der Waals surface area contributed by atoms with Gasteiger partial charge in [-0.2, -0.15) is 0 Å². The number of carbonyl (C=O) groups excluding carboxylic acids is 2. The van der Waals surface area contributed by atoms with Crippen molar-refractivity contribution in [3.05, 3.63) is 0 Å². The minimum Gasteiger partial charge on any atom is -0.437 e. The Labute approximate surface area is 185 Å². The van der Waals surface area contributed by atoms with Crippen LogP contribution < -0.4 is 5.23 Å². The lowest BCUT2D eigenvalue weighted by Crippen LogP contribution is -2.46. The van der Waals surface area contributed by atoms with Crippen LogP contribution in [0, 0.1) is 17.8 Å². The number of ether oxygens (including phenoxy) is 4. The van der Waals surface area contributed by atoms with Gasteiger partial charge in [-0.05, 0) is 67.1 Å². The molecule has 0 amide bonds. The van der Waals surface area contributed by atoms with Gasteiger partial charge in [0, 0.05) is 17.9 Å². The van der Waals surface area contributed by atoms with Crippen LogP contribution in [0.5, 0.6) is 0 Å². The summed E-state index contributed by atoms with van der Waals surface area (Å²) >= 11 is 0. The molecule has 9 heteroatoms.